The highest BCUT2D eigenvalue weighted by molar-refractivity contribution is 6.04. The Balaban J connectivity index is 1.56. The molecular formula is C19H27N3O3. The van der Waals surface area contributed by atoms with Crippen LogP contribution < -0.4 is 15.0 Å². The lowest BCUT2D eigenvalue weighted by atomic mass is 9.90. The first-order valence-corrected chi connectivity index (χ1v) is 8.91. The molecule has 25 heavy (non-hydrogen) atoms. The predicted octanol–water partition coefficient (Wildman–Crippen LogP) is 1.65. The Bertz CT molecular complexity index is 630. The van der Waals surface area contributed by atoms with E-state index >= 15 is 0 Å². The Morgan fingerprint density at radius 1 is 1.08 bits per heavy atom. The number of hydrogen-bond donors (Lipinski definition) is 1. The van der Waals surface area contributed by atoms with Crippen molar-refractivity contribution in [3.63, 3.8) is 0 Å². The monoisotopic (exact) mass is 345 g/mol. The summed E-state index contributed by atoms with van der Waals surface area (Å²) in [5.74, 6) is 0.596. The van der Waals surface area contributed by atoms with E-state index in [0.29, 0.717) is 13.1 Å². The van der Waals surface area contributed by atoms with Gasteiger partial charge in [-0.25, -0.2) is 0 Å². The first-order chi connectivity index (χ1) is 11.9. The van der Waals surface area contributed by atoms with Crippen molar-refractivity contribution in [2.75, 3.05) is 38.2 Å². The Kier molecular flexibility index (Phi) is 4.88. The molecule has 1 aliphatic heterocycles. The van der Waals surface area contributed by atoms with Crippen LogP contribution in [0, 0.1) is 5.41 Å². The van der Waals surface area contributed by atoms with E-state index in [2.05, 4.69) is 10.2 Å². The lowest BCUT2D eigenvalue weighted by molar-refractivity contribution is -0.148. The number of benzene rings is 1. The minimum atomic E-state index is -1.01. The molecule has 136 valence electrons. The Morgan fingerprint density at radius 3 is 2.20 bits per heavy atom. The first-order valence-electron chi connectivity index (χ1n) is 8.91. The lowest BCUT2D eigenvalue weighted by Crippen LogP contribution is -2.55. The van der Waals surface area contributed by atoms with E-state index in [1.807, 2.05) is 29.2 Å². The average molecular weight is 345 g/mol. The summed E-state index contributed by atoms with van der Waals surface area (Å²) in [5.41, 5.74) is 0.115. The summed E-state index contributed by atoms with van der Waals surface area (Å²) >= 11 is 0. The van der Waals surface area contributed by atoms with Gasteiger partial charge in [0.2, 0.25) is 11.8 Å². The number of nitrogens with zero attached hydrogens (tertiary/aromatic N) is 2. The summed E-state index contributed by atoms with van der Waals surface area (Å²) in [6.07, 6.45) is 2.05. The number of nitrogens with one attached hydrogen (secondary N) is 1. The van der Waals surface area contributed by atoms with Crippen LogP contribution in [0.25, 0.3) is 0 Å². The van der Waals surface area contributed by atoms with Gasteiger partial charge in [-0.15, -0.1) is 0 Å². The second-order valence-corrected chi connectivity index (χ2v) is 7.35. The molecule has 0 radical (unpaired) electrons. The molecule has 1 heterocycles. The molecule has 2 aliphatic rings. The average Bonchev–Trinajstić information content (AvgIpc) is 3.45. The highest BCUT2D eigenvalue weighted by Crippen LogP contribution is 2.26. The fourth-order valence-corrected chi connectivity index (χ4v) is 3.05. The van der Waals surface area contributed by atoms with Crippen molar-refractivity contribution in [1.82, 2.24) is 10.2 Å². The van der Waals surface area contributed by atoms with Crippen LogP contribution in [0.2, 0.25) is 0 Å². The predicted molar refractivity (Wildman–Crippen MR) is 96.7 cm³/mol. The number of methoxy groups -OCH3 is 1. The molecule has 1 aliphatic carbocycles. The van der Waals surface area contributed by atoms with E-state index < -0.39 is 5.41 Å². The Morgan fingerprint density at radius 2 is 1.68 bits per heavy atom. The van der Waals surface area contributed by atoms with Gasteiger partial charge in [-0.3, -0.25) is 9.59 Å². The molecule has 1 saturated heterocycles. The standard InChI is InChI=1S/C19H27N3O3/c1-19(2,17(23)20-14-4-5-14)18(24)22-12-10-21(11-13-22)15-6-8-16(25-3)9-7-15/h6-9,14H,4-5,10-13H2,1-3H3,(H,20,23). The number of carbonyl (C=O) groups is 2. The van der Waals surface area contributed by atoms with Gasteiger partial charge in [-0.05, 0) is 51.0 Å². The summed E-state index contributed by atoms with van der Waals surface area (Å²) in [6.45, 7) is 6.23. The van der Waals surface area contributed by atoms with Crippen molar-refractivity contribution in [2.24, 2.45) is 5.41 Å². The van der Waals surface area contributed by atoms with Crippen LogP contribution in [0.5, 0.6) is 5.75 Å². The van der Waals surface area contributed by atoms with Gasteiger partial charge in [-0.2, -0.15) is 0 Å². The van der Waals surface area contributed by atoms with Crippen LogP contribution in [-0.2, 0) is 9.59 Å². The fourth-order valence-electron chi connectivity index (χ4n) is 3.05. The molecule has 2 fully saturated rings. The zero-order valence-electron chi connectivity index (χ0n) is 15.2. The number of ether oxygens (including phenoxy) is 1. The van der Waals surface area contributed by atoms with E-state index in [1.54, 1.807) is 21.0 Å². The molecule has 0 spiro atoms. The summed E-state index contributed by atoms with van der Waals surface area (Å²) in [6, 6.07) is 8.22. The Hall–Kier alpha value is -2.24. The van der Waals surface area contributed by atoms with Gasteiger partial charge >= 0.3 is 0 Å². The Labute approximate surface area is 149 Å². The van der Waals surface area contributed by atoms with Crippen molar-refractivity contribution in [2.45, 2.75) is 32.7 Å². The summed E-state index contributed by atoms with van der Waals surface area (Å²) in [7, 11) is 1.65. The molecule has 0 atom stereocenters. The third-order valence-corrected chi connectivity index (χ3v) is 5.02. The second-order valence-electron chi connectivity index (χ2n) is 7.35. The van der Waals surface area contributed by atoms with Gasteiger partial charge in [-0.1, -0.05) is 0 Å². The summed E-state index contributed by atoms with van der Waals surface area (Å²) < 4.78 is 5.19. The summed E-state index contributed by atoms with van der Waals surface area (Å²) in [4.78, 5) is 29.2. The maximum Gasteiger partial charge on any atom is 0.237 e. The maximum absolute atomic E-state index is 12.8. The van der Waals surface area contributed by atoms with Crippen LogP contribution in [0.1, 0.15) is 26.7 Å². The molecule has 2 amide bonds. The number of rotatable bonds is 5. The molecule has 1 N–H and O–H groups in total. The zero-order chi connectivity index (χ0) is 18.0. The van der Waals surface area contributed by atoms with Gasteiger partial charge in [0.25, 0.3) is 0 Å². The van der Waals surface area contributed by atoms with Gasteiger partial charge in [0.05, 0.1) is 7.11 Å². The van der Waals surface area contributed by atoms with Gasteiger partial charge in [0, 0.05) is 37.9 Å². The molecule has 1 saturated carbocycles. The van der Waals surface area contributed by atoms with Gasteiger partial charge in [0.15, 0.2) is 0 Å². The number of amides is 2. The number of piperazine rings is 1. The fraction of sp³-hybridized carbons (Fsp3) is 0.579. The second kappa shape index (κ2) is 6.94. The molecule has 0 aromatic heterocycles. The number of hydrogen-bond acceptors (Lipinski definition) is 4. The molecule has 6 nitrogen and oxygen atoms in total. The highest BCUT2D eigenvalue weighted by Gasteiger charge is 2.41. The van der Waals surface area contributed by atoms with E-state index in [1.165, 1.54) is 0 Å². The largest absolute Gasteiger partial charge is 0.497 e. The summed E-state index contributed by atoms with van der Waals surface area (Å²) in [5, 5.41) is 2.95. The van der Waals surface area contributed by atoms with Gasteiger partial charge in [0.1, 0.15) is 11.2 Å². The molecular weight excluding hydrogens is 318 g/mol. The topological polar surface area (TPSA) is 61.9 Å². The van der Waals surface area contributed by atoms with Crippen LogP contribution in [0.4, 0.5) is 5.69 Å². The van der Waals surface area contributed by atoms with E-state index in [9.17, 15) is 9.59 Å². The van der Waals surface area contributed by atoms with Crippen molar-refractivity contribution in [1.29, 1.82) is 0 Å². The smallest absolute Gasteiger partial charge is 0.237 e. The minimum Gasteiger partial charge on any atom is -0.497 e. The maximum atomic E-state index is 12.8. The van der Waals surface area contributed by atoms with Crippen molar-refractivity contribution in [3.05, 3.63) is 24.3 Å². The first kappa shape index (κ1) is 17.6. The van der Waals surface area contributed by atoms with Crippen LogP contribution in [0.15, 0.2) is 24.3 Å². The number of anilines is 1. The normalized spacial score (nSPS) is 18.0. The van der Waals surface area contributed by atoms with Crippen molar-refractivity contribution < 1.29 is 14.3 Å². The van der Waals surface area contributed by atoms with Crippen LogP contribution in [-0.4, -0.2) is 56.0 Å². The third kappa shape index (κ3) is 3.89. The van der Waals surface area contributed by atoms with E-state index in [4.69, 9.17) is 4.74 Å². The molecule has 3 rings (SSSR count). The van der Waals surface area contributed by atoms with Crippen molar-refractivity contribution >= 4 is 17.5 Å². The lowest BCUT2D eigenvalue weighted by Gasteiger charge is -2.39. The molecule has 1 aromatic carbocycles. The zero-order valence-corrected chi connectivity index (χ0v) is 15.2. The van der Waals surface area contributed by atoms with E-state index in [-0.39, 0.29) is 17.9 Å². The minimum absolute atomic E-state index is 0.0833. The quantitative estimate of drug-likeness (QED) is 0.825. The molecule has 6 heteroatoms. The molecule has 1 aromatic rings. The molecule has 0 unspecified atom stereocenters. The van der Waals surface area contributed by atoms with Crippen LogP contribution >= 0.6 is 0 Å². The SMILES string of the molecule is COc1ccc(N2CCN(C(=O)C(C)(C)C(=O)NC3CC3)CC2)cc1. The number of carbonyl (C=O) groups excluding carboxylic acids is 2. The van der Waals surface area contributed by atoms with E-state index in [0.717, 1.165) is 37.4 Å². The van der Waals surface area contributed by atoms with Gasteiger partial charge < -0.3 is 19.9 Å². The van der Waals surface area contributed by atoms with Crippen molar-refractivity contribution in [3.8, 4) is 5.75 Å². The van der Waals surface area contributed by atoms with Crippen LogP contribution in [0.3, 0.4) is 0 Å². The third-order valence-electron chi connectivity index (χ3n) is 5.02. The highest BCUT2D eigenvalue weighted by atomic mass is 16.5. The molecule has 0 bridgehead atoms.